The van der Waals surface area contributed by atoms with Gasteiger partial charge in [0.05, 0.1) is 0 Å². The highest BCUT2D eigenvalue weighted by Crippen LogP contribution is 2.20. The summed E-state index contributed by atoms with van der Waals surface area (Å²) in [6, 6.07) is 10.5. The number of rotatable bonds is 5. The zero-order chi connectivity index (χ0) is 16.7. The minimum atomic E-state index is -0.443. The maximum Gasteiger partial charge on any atom is 0.261 e. The lowest BCUT2D eigenvalue weighted by Gasteiger charge is -2.08. The predicted molar refractivity (Wildman–Crippen MR) is 94.4 cm³/mol. The third-order valence-corrected chi connectivity index (χ3v) is 3.20. The molecule has 23 heavy (non-hydrogen) atoms. The van der Waals surface area contributed by atoms with E-state index in [9.17, 15) is 9.59 Å². The number of hydrogen-bond acceptors (Lipinski definition) is 2. The minimum Gasteiger partial charge on any atom is -0.328 e. The van der Waals surface area contributed by atoms with Gasteiger partial charge in [-0.1, -0.05) is 43.0 Å². The first kappa shape index (κ1) is 16.2. The number of carbonyl (C=O) groups is 1. The second kappa shape index (κ2) is 7.75. The Morgan fingerprint density at radius 1 is 1.26 bits per heavy atom. The van der Waals surface area contributed by atoms with Crippen LogP contribution >= 0.6 is 0 Å². The third-order valence-electron chi connectivity index (χ3n) is 3.20. The molecule has 1 aromatic heterocycles. The number of H-pyrrole nitrogens is 1. The fourth-order valence-electron chi connectivity index (χ4n) is 2.06. The number of benzene rings is 1. The van der Waals surface area contributed by atoms with Gasteiger partial charge in [0, 0.05) is 11.9 Å². The molecular formula is C19H18N2O2. The Balaban J connectivity index is 2.27. The molecule has 0 fully saturated rings. The zero-order valence-electron chi connectivity index (χ0n) is 12.9. The number of hydrogen-bond donors (Lipinski definition) is 2. The second-order valence-electron chi connectivity index (χ2n) is 4.80. The molecule has 1 aromatic carbocycles. The van der Waals surface area contributed by atoms with Crippen LogP contribution in [0.4, 0.5) is 5.69 Å². The lowest BCUT2D eigenvalue weighted by molar-refractivity contribution is 0.102. The summed E-state index contributed by atoms with van der Waals surface area (Å²) in [4.78, 5) is 26.3. The molecule has 0 aliphatic heterocycles. The van der Waals surface area contributed by atoms with E-state index in [2.05, 4.69) is 16.9 Å². The highest BCUT2D eigenvalue weighted by atomic mass is 16.2. The van der Waals surface area contributed by atoms with Crippen LogP contribution in [0.1, 0.15) is 22.8 Å². The molecule has 1 heterocycles. The van der Waals surface area contributed by atoms with Crippen molar-refractivity contribution in [2.75, 3.05) is 5.32 Å². The van der Waals surface area contributed by atoms with E-state index in [1.54, 1.807) is 18.2 Å². The monoisotopic (exact) mass is 306 g/mol. The Kier molecular flexibility index (Phi) is 5.47. The molecule has 2 rings (SSSR count). The third kappa shape index (κ3) is 4.17. The molecule has 0 atom stereocenters. The molecule has 0 unspecified atom stereocenters. The molecule has 0 saturated heterocycles. The molecule has 0 radical (unpaired) electrons. The summed E-state index contributed by atoms with van der Waals surface area (Å²) in [6.07, 6.45) is 9.03. The fourth-order valence-corrected chi connectivity index (χ4v) is 2.06. The van der Waals surface area contributed by atoms with Crippen molar-refractivity contribution in [3.8, 4) is 0 Å². The lowest BCUT2D eigenvalue weighted by Crippen LogP contribution is -2.22. The first-order valence-electron chi connectivity index (χ1n) is 7.20. The van der Waals surface area contributed by atoms with Crippen molar-refractivity contribution in [2.45, 2.75) is 6.92 Å². The normalized spacial score (nSPS) is 11.4. The Hall–Kier alpha value is -3.14. The lowest BCUT2D eigenvalue weighted by atomic mass is 10.0. The molecule has 4 nitrogen and oxygen atoms in total. The quantitative estimate of drug-likeness (QED) is 0.826. The summed E-state index contributed by atoms with van der Waals surface area (Å²) in [6.45, 7) is 5.74. The van der Waals surface area contributed by atoms with E-state index in [0.29, 0.717) is 5.69 Å². The van der Waals surface area contributed by atoms with Gasteiger partial charge in [0.25, 0.3) is 11.5 Å². The van der Waals surface area contributed by atoms with Crippen LogP contribution in [-0.4, -0.2) is 10.9 Å². The van der Waals surface area contributed by atoms with Gasteiger partial charge in [0.2, 0.25) is 0 Å². The average molecular weight is 306 g/mol. The van der Waals surface area contributed by atoms with E-state index in [1.165, 1.54) is 12.3 Å². The molecular weight excluding hydrogens is 288 g/mol. The van der Waals surface area contributed by atoms with Crippen molar-refractivity contribution in [1.82, 2.24) is 4.98 Å². The molecule has 0 saturated carbocycles. The van der Waals surface area contributed by atoms with E-state index in [1.807, 2.05) is 43.4 Å². The molecule has 4 heteroatoms. The van der Waals surface area contributed by atoms with Gasteiger partial charge >= 0.3 is 0 Å². The number of aromatic amines is 1. The zero-order valence-corrected chi connectivity index (χ0v) is 12.9. The van der Waals surface area contributed by atoms with Crippen LogP contribution in [0.3, 0.4) is 0 Å². The fraction of sp³-hybridized carbons (Fsp3) is 0.0526. The van der Waals surface area contributed by atoms with Gasteiger partial charge in [-0.3, -0.25) is 9.59 Å². The van der Waals surface area contributed by atoms with Gasteiger partial charge in [-0.05, 0) is 42.3 Å². The van der Waals surface area contributed by atoms with Crippen LogP contribution in [0.2, 0.25) is 0 Å². The molecule has 116 valence electrons. The predicted octanol–water partition coefficient (Wildman–Crippen LogP) is 3.77. The first-order chi connectivity index (χ1) is 11.2. The van der Waals surface area contributed by atoms with E-state index in [4.69, 9.17) is 0 Å². The summed E-state index contributed by atoms with van der Waals surface area (Å²) >= 11 is 0. The summed E-state index contributed by atoms with van der Waals surface area (Å²) in [7, 11) is 0. The molecule has 0 spiro atoms. The number of allylic oxidation sites excluding steroid dienone is 5. The van der Waals surface area contributed by atoms with Crippen molar-refractivity contribution in [2.24, 2.45) is 0 Å². The standard InChI is InChI=1S/C19H18N2O2/c1-3-5-8-14(4-2)15-9-6-10-16(13-15)21-19(23)17-11-7-12-20-18(17)22/h3-13H,2H2,1H3,(H,20,22)(H,21,23)/b5-3-,14-8+. The van der Waals surface area contributed by atoms with Gasteiger partial charge in [0.15, 0.2) is 0 Å². The molecule has 2 N–H and O–H groups in total. The van der Waals surface area contributed by atoms with Crippen molar-refractivity contribution in [3.63, 3.8) is 0 Å². The van der Waals surface area contributed by atoms with Crippen LogP contribution in [0, 0.1) is 0 Å². The second-order valence-corrected chi connectivity index (χ2v) is 4.80. The van der Waals surface area contributed by atoms with E-state index < -0.39 is 11.5 Å². The van der Waals surface area contributed by atoms with Crippen LogP contribution in [0.15, 0.2) is 78.3 Å². The van der Waals surface area contributed by atoms with Crippen LogP contribution in [0.5, 0.6) is 0 Å². The summed E-state index contributed by atoms with van der Waals surface area (Å²) < 4.78 is 0. The van der Waals surface area contributed by atoms with E-state index >= 15 is 0 Å². The van der Waals surface area contributed by atoms with Crippen molar-refractivity contribution >= 4 is 17.2 Å². The Labute approximate surface area is 134 Å². The van der Waals surface area contributed by atoms with Gasteiger partial charge in [0.1, 0.15) is 5.56 Å². The van der Waals surface area contributed by atoms with Crippen LogP contribution < -0.4 is 10.9 Å². The molecule has 2 aromatic rings. The number of carbonyl (C=O) groups excluding carboxylic acids is 1. The topological polar surface area (TPSA) is 62.0 Å². The SMILES string of the molecule is C=C/C(=C\C=C/C)c1cccc(NC(=O)c2ccc[nH]c2=O)c1. The average Bonchev–Trinajstić information content (AvgIpc) is 2.56. The van der Waals surface area contributed by atoms with Gasteiger partial charge < -0.3 is 10.3 Å². The van der Waals surface area contributed by atoms with Crippen molar-refractivity contribution in [3.05, 3.63) is 95.0 Å². The Morgan fingerprint density at radius 3 is 2.78 bits per heavy atom. The number of aromatic nitrogens is 1. The molecule has 0 aliphatic rings. The Bertz CT molecular complexity index is 829. The maximum absolute atomic E-state index is 12.2. The number of pyridine rings is 1. The van der Waals surface area contributed by atoms with Crippen molar-refractivity contribution < 1.29 is 4.79 Å². The van der Waals surface area contributed by atoms with Crippen LogP contribution in [0.25, 0.3) is 5.57 Å². The number of amides is 1. The summed E-state index contributed by atoms with van der Waals surface area (Å²) in [5, 5.41) is 2.74. The summed E-state index contributed by atoms with van der Waals surface area (Å²) in [5.74, 6) is -0.443. The van der Waals surface area contributed by atoms with Gasteiger partial charge in [-0.15, -0.1) is 0 Å². The van der Waals surface area contributed by atoms with Crippen LogP contribution in [-0.2, 0) is 0 Å². The Morgan fingerprint density at radius 2 is 2.09 bits per heavy atom. The van der Waals surface area contributed by atoms with Gasteiger partial charge in [-0.25, -0.2) is 0 Å². The number of nitrogens with one attached hydrogen (secondary N) is 2. The largest absolute Gasteiger partial charge is 0.328 e. The molecule has 0 aliphatic carbocycles. The number of anilines is 1. The van der Waals surface area contributed by atoms with E-state index in [0.717, 1.165) is 11.1 Å². The minimum absolute atomic E-state index is 0.0753. The summed E-state index contributed by atoms with van der Waals surface area (Å²) in [5.41, 5.74) is 2.14. The van der Waals surface area contributed by atoms with Crippen molar-refractivity contribution in [1.29, 1.82) is 0 Å². The molecule has 1 amide bonds. The highest BCUT2D eigenvalue weighted by molar-refractivity contribution is 6.04. The first-order valence-corrected chi connectivity index (χ1v) is 7.20. The maximum atomic E-state index is 12.2. The van der Waals surface area contributed by atoms with E-state index in [-0.39, 0.29) is 5.56 Å². The van der Waals surface area contributed by atoms with Gasteiger partial charge in [-0.2, -0.15) is 0 Å². The smallest absolute Gasteiger partial charge is 0.261 e. The molecule has 0 bridgehead atoms. The highest BCUT2D eigenvalue weighted by Gasteiger charge is 2.10.